The molecule has 116 valence electrons. The molecule has 0 bridgehead atoms. The fourth-order valence-corrected chi connectivity index (χ4v) is 2.49. The number of aromatic nitrogens is 1. The van der Waals surface area contributed by atoms with Gasteiger partial charge in [-0.2, -0.15) is 0 Å². The molecule has 0 fully saturated rings. The zero-order valence-electron chi connectivity index (χ0n) is 13.0. The van der Waals surface area contributed by atoms with E-state index in [4.69, 9.17) is 0 Å². The van der Waals surface area contributed by atoms with Gasteiger partial charge in [-0.15, -0.1) is 10.2 Å². The average Bonchev–Trinajstić information content (AvgIpc) is 2.87. The molecular weight excluding hydrogens is 290 g/mol. The zero-order chi connectivity index (χ0) is 16.4. The van der Waals surface area contributed by atoms with E-state index in [2.05, 4.69) is 22.1 Å². The fourth-order valence-electron chi connectivity index (χ4n) is 2.49. The van der Waals surface area contributed by atoms with Crippen molar-refractivity contribution in [1.82, 2.24) is 4.98 Å². The molecule has 0 unspecified atom stereocenters. The Bertz CT molecular complexity index is 910. The van der Waals surface area contributed by atoms with Crippen LogP contribution < -0.4 is 0 Å². The normalized spacial score (nSPS) is 11.4. The van der Waals surface area contributed by atoms with Crippen LogP contribution in [-0.4, -0.2) is 16.0 Å². The monoisotopic (exact) mass is 307 g/mol. The van der Waals surface area contributed by atoms with Gasteiger partial charge in [0.25, 0.3) is 5.91 Å². The smallest absolute Gasteiger partial charge is 0.295 e. The summed E-state index contributed by atoms with van der Waals surface area (Å²) in [5.74, 6) is -0.516. The average molecular weight is 307 g/mol. The topological polar surface area (TPSA) is 77.8 Å². The van der Waals surface area contributed by atoms with Gasteiger partial charge in [-0.25, -0.2) is 0 Å². The summed E-state index contributed by atoms with van der Waals surface area (Å²) < 4.78 is 0. The van der Waals surface area contributed by atoms with E-state index in [0.717, 1.165) is 28.5 Å². The second kappa shape index (κ2) is 6.04. The van der Waals surface area contributed by atoms with Crippen LogP contribution in [0, 0.1) is 6.92 Å². The number of nitrogens with one attached hydrogen (secondary N) is 1. The Labute approximate surface area is 133 Å². The molecule has 0 saturated heterocycles. The van der Waals surface area contributed by atoms with Crippen molar-refractivity contribution in [2.24, 2.45) is 10.2 Å². The van der Waals surface area contributed by atoms with E-state index in [0.29, 0.717) is 5.56 Å². The first-order valence-corrected chi connectivity index (χ1v) is 7.45. The van der Waals surface area contributed by atoms with Gasteiger partial charge in [-0.05, 0) is 42.7 Å². The van der Waals surface area contributed by atoms with E-state index in [1.165, 1.54) is 0 Å². The number of carbonyl (C=O) groups excluding carboxylic acids is 1. The van der Waals surface area contributed by atoms with E-state index in [9.17, 15) is 9.90 Å². The predicted molar refractivity (Wildman–Crippen MR) is 89.4 cm³/mol. The van der Waals surface area contributed by atoms with Gasteiger partial charge in [-0.1, -0.05) is 31.2 Å². The second-order valence-corrected chi connectivity index (χ2v) is 5.38. The molecule has 1 aromatic heterocycles. The van der Waals surface area contributed by atoms with Crippen molar-refractivity contribution >= 4 is 22.5 Å². The lowest BCUT2D eigenvalue weighted by atomic mass is 10.1. The van der Waals surface area contributed by atoms with Gasteiger partial charge in [0.2, 0.25) is 5.88 Å². The van der Waals surface area contributed by atoms with Crippen LogP contribution >= 0.6 is 0 Å². The van der Waals surface area contributed by atoms with Crippen molar-refractivity contribution in [2.75, 3.05) is 0 Å². The SMILES string of the molecule is CCc1ccc2[nH]c(O)c(N=NC(=O)c3ccccc3C)c2c1. The first kappa shape index (κ1) is 15.0. The Hall–Kier alpha value is -2.95. The second-order valence-electron chi connectivity index (χ2n) is 5.38. The molecule has 0 radical (unpaired) electrons. The third-order valence-electron chi connectivity index (χ3n) is 3.84. The third-order valence-corrected chi connectivity index (χ3v) is 3.84. The lowest BCUT2D eigenvalue weighted by molar-refractivity contribution is 0.0994. The first-order valence-electron chi connectivity index (χ1n) is 7.45. The van der Waals surface area contributed by atoms with E-state index in [1.54, 1.807) is 12.1 Å². The lowest BCUT2D eigenvalue weighted by Gasteiger charge is -1.99. The molecule has 5 nitrogen and oxygen atoms in total. The van der Waals surface area contributed by atoms with Crippen molar-refractivity contribution in [3.8, 4) is 5.88 Å². The Morgan fingerprint density at radius 3 is 2.74 bits per heavy atom. The molecule has 1 heterocycles. The molecule has 2 N–H and O–H groups in total. The summed E-state index contributed by atoms with van der Waals surface area (Å²) in [7, 11) is 0. The molecule has 23 heavy (non-hydrogen) atoms. The minimum atomic E-state index is -0.427. The van der Waals surface area contributed by atoms with Crippen LogP contribution in [0.15, 0.2) is 52.7 Å². The lowest BCUT2D eigenvalue weighted by Crippen LogP contribution is -1.96. The van der Waals surface area contributed by atoms with Crippen molar-refractivity contribution in [2.45, 2.75) is 20.3 Å². The maximum Gasteiger partial charge on any atom is 0.295 e. The molecule has 0 aliphatic carbocycles. The van der Waals surface area contributed by atoms with Crippen LogP contribution in [0.4, 0.5) is 5.69 Å². The molecule has 3 aromatic rings. The Morgan fingerprint density at radius 1 is 1.22 bits per heavy atom. The minimum Gasteiger partial charge on any atom is -0.493 e. The quantitative estimate of drug-likeness (QED) is 0.690. The van der Waals surface area contributed by atoms with Gasteiger partial charge in [0.05, 0.1) is 5.52 Å². The maximum absolute atomic E-state index is 12.2. The van der Waals surface area contributed by atoms with Gasteiger partial charge in [0.1, 0.15) is 0 Å². The molecule has 3 rings (SSSR count). The van der Waals surface area contributed by atoms with E-state index in [-0.39, 0.29) is 11.6 Å². The number of carbonyl (C=O) groups is 1. The molecular formula is C18H17N3O2. The number of amides is 1. The number of aromatic amines is 1. The molecule has 0 aliphatic rings. The standard InChI is InChI=1S/C18H17N3O2/c1-3-12-8-9-15-14(10-12)16(18(23)19-15)20-21-17(22)13-7-5-4-6-11(13)2/h4-10,19,23H,3H2,1-2H3. The summed E-state index contributed by atoms with van der Waals surface area (Å²) in [4.78, 5) is 15.0. The number of hydrogen-bond acceptors (Lipinski definition) is 3. The van der Waals surface area contributed by atoms with Crippen LogP contribution in [0.25, 0.3) is 10.9 Å². The van der Waals surface area contributed by atoms with Gasteiger partial charge in [0, 0.05) is 10.9 Å². The number of hydrogen-bond donors (Lipinski definition) is 2. The summed E-state index contributed by atoms with van der Waals surface area (Å²) >= 11 is 0. The number of azo groups is 1. The number of H-pyrrole nitrogens is 1. The number of nitrogens with zero attached hydrogens (tertiary/aromatic N) is 2. The highest BCUT2D eigenvalue weighted by molar-refractivity contribution is 5.97. The Kier molecular flexibility index (Phi) is 3.93. The third kappa shape index (κ3) is 2.85. The summed E-state index contributed by atoms with van der Waals surface area (Å²) in [5, 5.41) is 18.5. The molecule has 0 aliphatic heterocycles. The summed E-state index contributed by atoms with van der Waals surface area (Å²) in [6.07, 6.45) is 0.876. The summed E-state index contributed by atoms with van der Waals surface area (Å²) in [5.41, 5.74) is 3.52. The maximum atomic E-state index is 12.2. The van der Waals surface area contributed by atoms with E-state index in [1.807, 2.05) is 37.3 Å². The fraction of sp³-hybridized carbons (Fsp3) is 0.167. The largest absolute Gasteiger partial charge is 0.493 e. The van der Waals surface area contributed by atoms with Crippen molar-refractivity contribution in [1.29, 1.82) is 0 Å². The summed E-state index contributed by atoms with van der Waals surface area (Å²) in [6.45, 7) is 3.90. The van der Waals surface area contributed by atoms with Crippen LogP contribution in [0.2, 0.25) is 0 Å². The van der Waals surface area contributed by atoms with Crippen molar-refractivity contribution in [3.63, 3.8) is 0 Å². The van der Waals surface area contributed by atoms with Crippen molar-refractivity contribution in [3.05, 3.63) is 59.2 Å². The van der Waals surface area contributed by atoms with Crippen LogP contribution in [-0.2, 0) is 6.42 Å². The van der Waals surface area contributed by atoms with E-state index >= 15 is 0 Å². The number of aromatic hydroxyl groups is 1. The van der Waals surface area contributed by atoms with E-state index < -0.39 is 5.91 Å². The van der Waals surface area contributed by atoms with Crippen LogP contribution in [0.5, 0.6) is 5.88 Å². The zero-order valence-corrected chi connectivity index (χ0v) is 13.0. The molecule has 2 aromatic carbocycles. The van der Waals surface area contributed by atoms with Gasteiger partial charge in [-0.3, -0.25) is 4.79 Å². The molecule has 5 heteroatoms. The molecule has 0 saturated carbocycles. The summed E-state index contributed by atoms with van der Waals surface area (Å²) in [6, 6.07) is 13.0. The van der Waals surface area contributed by atoms with Crippen molar-refractivity contribution < 1.29 is 9.90 Å². The van der Waals surface area contributed by atoms with Crippen LogP contribution in [0.1, 0.15) is 28.4 Å². The van der Waals surface area contributed by atoms with Gasteiger partial charge >= 0.3 is 0 Å². The Balaban J connectivity index is 1.99. The highest BCUT2D eigenvalue weighted by Crippen LogP contribution is 2.36. The number of fused-ring (bicyclic) bond motifs is 1. The molecule has 0 atom stereocenters. The highest BCUT2D eigenvalue weighted by atomic mass is 16.3. The van der Waals surface area contributed by atoms with Gasteiger partial charge in [0.15, 0.2) is 5.69 Å². The number of benzene rings is 2. The number of rotatable bonds is 3. The first-order chi connectivity index (χ1) is 11.1. The highest BCUT2D eigenvalue weighted by Gasteiger charge is 2.12. The molecule has 0 spiro atoms. The Morgan fingerprint density at radius 2 is 2.00 bits per heavy atom. The van der Waals surface area contributed by atoms with Crippen LogP contribution in [0.3, 0.4) is 0 Å². The van der Waals surface area contributed by atoms with Gasteiger partial charge < -0.3 is 10.1 Å². The predicted octanol–water partition coefficient (Wildman–Crippen LogP) is 4.67. The number of aryl methyl sites for hydroxylation is 2. The minimum absolute atomic E-state index is 0.0883. The molecule has 1 amide bonds.